The van der Waals surface area contributed by atoms with E-state index in [0.717, 1.165) is 18.7 Å². The quantitative estimate of drug-likeness (QED) is 0.139. The van der Waals surface area contributed by atoms with Crippen molar-refractivity contribution in [2.24, 2.45) is 0 Å². The summed E-state index contributed by atoms with van der Waals surface area (Å²) in [5.74, 6) is -7.42. The van der Waals surface area contributed by atoms with Crippen LogP contribution >= 0.6 is 67.8 Å². The summed E-state index contributed by atoms with van der Waals surface area (Å²) in [6.45, 7) is -0.562. The highest BCUT2D eigenvalue weighted by molar-refractivity contribution is 14.1. The fourth-order valence-corrected chi connectivity index (χ4v) is 6.87. The number of aliphatic hydroxyl groups excluding tert-OH is 3. The molecule has 0 fully saturated rings. The largest absolute Gasteiger partial charge is 0.427 e. The van der Waals surface area contributed by atoms with E-state index in [1.54, 1.807) is 67.8 Å². The number of benzene rings is 1. The second kappa shape index (κ2) is 11.2. The Hall–Kier alpha value is -0.380. The van der Waals surface area contributed by atoms with Gasteiger partial charge in [0.15, 0.2) is 0 Å². The highest BCUT2D eigenvalue weighted by Crippen LogP contribution is 2.39. The molecule has 0 bridgehead atoms. The molecule has 0 saturated heterocycles. The zero-order valence-electron chi connectivity index (χ0n) is 16.5. The van der Waals surface area contributed by atoms with Gasteiger partial charge in [-0.05, 0) is 67.8 Å². The van der Waals surface area contributed by atoms with Crippen molar-refractivity contribution in [2.45, 2.75) is 25.4 Å². The van der Waals surface area contributed by atoms with Crippen molar-refractivity contribution in [3.63, 3.8) is 0 Å². The molecule has 5 N–H and O–H groups in total. The maximum absolute atomic E-state index is 12.8. The van der Waals surface area contributed by atoms with E-state index in [1.165, 1.54) is 7.05 Å². The van der Waals surface area contributed by atoms with E-state index in [1.807, 2.05) is 0 Å². The average Bonchev–Trinajstić information content (AvgIpc) is 2.66. The van der Waals surface area contributed by atoms with Crippen LogP contribution in [0, 0.1) is 10.7 Å². The Morgan fingerprint density at radius 3 is 1.48 bits per heavy atom. The minimum atomic E-state index is -2.22. The number of rotatable bonds is 8. The van der Waals surface area contributed by atoms with Crippen LogP contribution in [0.4, 0.5) is 5.69 Å². The van der Waals surface area contributed by atoms with Gasteiger partial charge in [-0.2, -0.15) is 0 Å². The normalized spacial score (nSPS) is 14.9. The summed E-state index contributed by atoms with van der Waals surface area (Å²) in [6.07, 6.45) is 0. The summed E-state index contributed by atoms with van der Waals surface area (Å²) < 4.78 is 10.1. The Kier molecular flexibility index (Phi) is 10.3. The van der Waals surface area contributed by atoms with Gasteiger partial charge < -0.3 is 39.9 Å². The smallest absolute Gasteiger partial charge is 0.342 e. The number of nitrogens with zero attached hydrogens (tertiary/aromatic N) is 1. The third-order valence-electron chi connectivity index (χ3n) is 3.76. The molecule has 11 nitrogen and oxygen atoms in total. The minimum Gasteiger partial charge on any atom is -0.427 e. The maximum Gasteiger partial charge on any atom is 0.342 e. The third-order valence-corrected chi connectivity index (χ3v) is 6.94. The summed E-state index contributed by atoms with van der Waals surface area (Å²) in [7, 11) is 1.31. The molecule has 2 atom stereocenters. The van der Waals surface area contributed by atoms with Crippen LogP contribution in [0.2, 0.25) is 0 Å². The monoisotopic (exact) mass is 779 g/mol. The molecule has 0 radical (unpaired) electrons. The average molecular weight is 779 g/mol. The van der Waals surface area contributed by atoms with Gasteiger partial charge in [0, 0.05) is 24.5 Å². The zero-order valence-corrected chi connectivity index (χ0v) is 23.0. The second-order valence-electron chi connectivity index (χ2n) is 6.60. The third kappa shape index (κ3) is 6.81. The maximum atomic E-state index is 12.8. The number of hydrogen-bond donors (Lipinski definition) is 5. The van der Waals surface area contributed by atoms with Gasteiger partial charge in [0.25, 0.3) is 5.91 Å². The number of hydrogen-bond acceptors (Lipinski definition) is 10. The van der Waals surface area contributed by atoms with Crippen LogP contribution in [0.1, 0.15) is 34.6 Å². The lowest BCUT2D eigenvalue weighted by Crippen LogP contribution is -2.38. The first-order valence-electron chi connectivity index (χ1n) is 8.35. The van der Waals surface area contributed by atoms with Gasteiger partial charge in [0.1, 0.15) is 19.8 Å². The number of amides is 1. The van der Waals surface area contributed by atoms with E-state index in [9.17, 15) is 39.9 Å². The molecule has 0 aliphatic carbocycles. The van der Waals surface area contributed by atoms with E-state index in [4.69, 9.17) is 9.47 Å². The molecule has 174 valence electrons. The van der Waals surface area contributed by atoms with Gasteiger partial charge in [0.2, 0.25) is 11.6 Å². The van der Waals surface area contributed by atoms with Crippen LogP contribution in [0.5, 0.6) is 0 Å². The number of carbonyl (C=O) groups is 3. The summed E-state index contributed by atoms with van der Waals surface area (Å²) in [5.41, 5.74) is -0.385. The summed E-state index contributed by atoms with van der Waals surface area (Å²) >= 11 is 5.14. The molecule has 0 aromatic heterocycles. The fourth-order valence-electron chi connectivity index (χ4n) is 2.10. The van der Waals surface area contributed by atoms with E-state index >= 15 is 0 Å². The van der Waals surface area contributed by atoms with Gasteiger partial charge in [-0.3, -0.25) is 4.79 Å². The molecule has 1 amide bonds. The molecular formula is C17H20I3NO10. The molecule has 0 saturated carbocycles. The number of halogens is 3. The van der Waals surface area contributed by atoms with Crippen LogP contribution in [0.3, 0.4) is 0 Å². The SMILES string of the molecule is CN(C(=O)CO)c1c(I)c(C(=O)OC(C)(O)CO)c(I)c(C(=O)OC(C)(O)CO)c1I. The number of likely N-dealkylation sites (N-methyl/N-ethyl adjacent to an activating group) is 1. The first-order chi connectivity index (χ1) is 14.1. The Bertz CT molecular complexity index is 830. The zero-order chi connectivity index (χ0) is 24.3. The lowest BCUT2D eigenvalue weighted by atomic mass is 10.1. The second-order valence-corrected chi connectivity index (χ2v) is 9.83. The van der Waals surface area contributed by atoms with Gasteiger partial charge in [-0.15, -0.1) is 0 Å². The Morgan fingerprint density at radius 2 is 1.19 bits per heavy atom. The van der Waals surface area contributed by atoms with Crippen molar-refractivity contribution in [3.8, 4) is 0 Å². The lowest BCUT2D eigenvalue weighted by Gasteiger charge is -2.27. The van der Waals surface area contributed by atoms with Crippen LogP contribution in [0.25, 0.3) is 0 Å². The van der Waals surface area contributed by atoms with Crippen molar-refractivity contribution in [2.75, 3.05) is 31.8 Å². The summed E-state index contributed by atoms with van der Waals surface area (Å²) in [4.78, 5) is 38.7. The lowest BCUT2D eigenvalue weighted by molar-refractivity contribution is -0.175. The molecule has 0 aliphatic heterocycles. The van der Waals surface area contributed by atoms with Crippen molar-refractivity contribution >= 4 is 91.3 Å². The van der Waals surface area contributed by atoms with Gasteiger partial charge >= 0.3 is 11.9 Å². The Labute approximate surface area is 218 Å². The highest BCUT2D eigenvalue weighted by Gasteiger charge is 2.36. The van der Waals surface area contributed by atoms with Crippen molar-refractivity contribution < 1.29 is 49.4 Å². The van der Waals surface area contributed by atoms with E-state index in [2.05, 4.69) is 0 Å². The van der Waals surface area contributed by atoms with Crippen LogP contribution < -0.4 is 4.90 Å². The number of esters is 2. The van der Waals surface area contributed by atoms with Crippen molar-refractivity contribution in [1.82, 2.24) is 0 Å². The van der Waals surface area contributed by atoms with E-state index in [-0.39, 0.29) is 27.5 Å². The van der Waals surface area contributed by atoms with Crippen LogP contribution in [-0.4, -0.2) is 81.8 Å². The predicted octanol–water partition coefficient (Wildman–Crippen LogP) is 0.171. The molecule has 0 aliphatic rings. The van der Waals surface area contributed by atoms with Crippen molar-refractivity contribution in [3.05, 3.63) is 21.8 Å². The number of ether oxygens (including phenoxy) is 2. The predicted molar refractivity (Wildman–Crippen MR) is 131 cm³/mol. The van der Waals surface area contributed by atoms with Gasteiger partial charge in [-0.25, -0.2) is 9.59 Å². The molecule has 0 spiro atoms. The number of anilines is 1. The first-order valence-corrected chi connectivity index (χ1v) is 11.6. The van der Waals surface area contributed by atoms with Gasteiger partial charge in [0.05, 0.1) is 24.0 Å². The molecule has 0 heterocycles. The standard InChI is InChI=1S/C17H20I3NO10/c1-16(28,5-23)30-14(26)8-10(18)9(15(27)31-17(2,29)6-24)12(20)13(11(8)19)21(3)7(25)4-22/h22-24,28-29H,4-6H2,1-3H3. The Morgan fingerprint density at radius 1 is 0.839 bits per heavy atom. The first kappa shape index (κ1) is 28.7. The van der Waals surface area contributed by atoms with E-state index < -0.39 is 49.2 Å². The van der Waals surface area contributed by atoms with E-state index in [0.29, 0.717) is 0 Å². The topological polar surface area (TPSA) is 174 Å². The number of aliphatic hydroxyl groups is 5. The molecular weight excluding hydrogens is 759 g/mol. The summed E-state index contributed by atoms with van der Waals surface area (Å²) in [5, 5.41) is 47.4. The molecule has 2 unspecified atom stereocenters. The van der Waals surface area contributed by atoms with Crippen molar-refractivity contribution in [1.29, 1.82) is 0 Å². The molecule has 14 heteroatoms. The number of carbonyl (C=O) groups excluding carboxylic acids is 3. The Balaban J connectivity index is 3.84. The highest BCUT2D eigenvalue weighted by atomic mass is 127. The molecule has 31 heavy (non-hydrogen) atoms. The summed E-state index contributed by atoms with van der Waals surface area (Å²) in [6, 6.07) is 0. The molecule has 1 aromatic carbocycles. The molecule has 1 aromatic rings. The molecule has 1 rings (SSSR count). The minimum absolute atomic E-state index is 0.0116. The fraction of sp³-hybridized carbons (Fsp3) is 0.471. The van der Waals surface area contributed by atoms with Crippen LogP contribution in [-0.2, 0) is 14.3 Å². The van der Waals surface area contributed by atoms with Crippen LogP contribution in [0.15, 0.2) is 0 Å². The van der Waals surface area contributed by atoms with Gasteiger partial charge in [-0.1, -0.05) is 0 Å².